The molecule has 0 aliphatic heterocycles. The van der Waals surface area contributed by atoms with Crippen LogP contribution in [0.4, 0.5) is 0 Å². The fourth-order valence-electron chi connectivity index (χ4n) is 9.27. The molecule has 6 nitrogen and oxygen atoms in total. The SMILES string of the molecule is CC/C=C\C/C=C\C/C=C\C/C=C\C/C=C\CCCCCC(=O)OC(COC(=O)CCCCCCCCCCCC)COC(=O)CCCCCCCCCCCCCCCCCCC/C=C\C/C=C\CCCCCCC. The standard InChI is InChI=1S/C70H122O6/c1-4-7-10-13-16-19-22-24-26-28-30-31-32-33-34-35-36-37-38-39-41-42-44-46-48-51-54-57-60-63-69(72)75-66-67(65-74-68(71)62-59-56-53-50-21-18-15-12-9-6-3)76-70(73)64-61-58-55-52-49-47-45-43-40-29-27-25-23-20-17-14-11-8-5-2/h8,11,17,20,22,24-25,27-28,30,40,43,47,49,67H,4-7,9-10,12-16,18-19,21,23,26,29,31-39,41-42,44-46,48,50-66H2,1-3H3/b11-8-,20-17-,24-22-,27-25-,30-28-,43-40-,49-47-. The fraction of sp³-hybridized carbons (Fsp3) is 0.757. The lowest BCUT2D eigenvalue weighted by Gasteiger charge is -2.18. The number of carbonyl (C=O) groups excluding carboxylic acids is 3. The maximum Gasteiger partial charge on any atom is 0.306 e. The molecule has 0 saturated carbocycles. The Kier molecular flexibility index (Phi) is 61.2. The van der Waals surface area contributed by atoms with Gasteiger partial charge in [-0.2, -0.15) is 0 Å². The summed E-state index contributed by atoms with van der Waals surface area (Å²) in [5, 5.41) is 0. The summed E-state index contributed by atoms with van der Waals surface area (Å²) in [6, 6.07) is 0. The quantitative estimate of drug-likeness (QED) is 0.0261. The normalized spacial score (nSPS) is 12.6. The zero-order valence-corrected chi connectivity index (χ0v) is 50.3. The van der Waals surface area contributed by atoms with Crippen molar-refractivity contribution in [1.82, 2.24) is 0 Å². The summed E-state index contributed by atoms with van der Waals surface area (Å²) in [6.45, 7) is 6.51. The first-order valence-corrected chi connectivity index (χ1v) is 32.6. The molecule has 0 saturated heterocycles. The smallest absolute Gasteiger partial charge is 0.306 e. The molecule has 0 fully saturated rings. The van der Waals surface area contributed by atoms with Crippen molar-refractivity contribution in [1.29, 1.82) is 0 Å². The average Bonchev–Trinajstić information content (AvgIpc) is 3.42. The minimum atomic E-state index is -0.792. The zero-order valence-electron chi connectivity index (χ0n) is 50.3. The van der Waals surface area contributed by atoms with Crippen molar-refractivity contribution >= 4 is 17.9 Å². The van der Waals surface area contributed by atoms with Crippen LogP contribution in [0.25, 0.3) is 0 Å². The summed E-state index contributed by atoms with van der Waals surface area (Å²) >= 11 is 0. The van der Waals surface area contributed by atoms with Gasteiger partial charge in [0.05, 0.1) is 0 Å². The van der Waals surface area contributed by atoms with Crippen molar-refractivity contribution in [3.63, 3.8) is 0 Å². The predicted octanol–water partition coefficient (Wildman–Crippen LogP) is 22.3. The Morgan fingerprint density at radius 2 is 0.513 bits per heavy atom. The van der Waals surface area contributed by atoms with E-state index in [1.165, 1.54) is 180 Å². The van der Waals surface area contributed by atoms with Gasteiger partial charge in [0, 0.05) is 19.3 Å². The number of carbonyl (C=O) groups is 3. The van der Waals surface area contributed by atoms with Gasteiger partial charge in [-0.15, -0.1) is 0 Å². The lowest BCUT2D eigenvalue weighted by molar-refractivity contribution is -0.167. The lowest BCUT2D eigenvalue weighted by Crippen LogP contribution is -2.30. The van der Waals surface area contributed by atoms with Gasteiger partial charge in [0.25, 0.3) is 0 Å². The van der Waals surface area contributed by atoms with Gasteiger partial charge in [-0.1, -0.05) is 292 Å². The van der Waals surface area contributed by atoms with Crippen LogP contribution in [0.15, 0.2) is 85.1 Å². The molecule has 76 heavy (non-hydrogen) atoms. The number of unbranched alkanes of at least 4 members (excludes halogenated alkanes) is 34. The van der Waals surface area contributed by atoms with Gasteiger partial charge < -0.3 is 14.2 Å². The highest BCUT2D eigenvalue weighted by Crippen LogP contribution is 2.17. The van der Waals surface area contributed by atoms with Crippen LogP contribution < -0.4 is 0 Å². The number of rotatable bonds is 59. The van der Waals surface area contributed by atoms with Crippen molar-refractivity contribution in [2.75, 3.05) is 13.2 Å². The second-order valence-corrected chi connectivity index (χ2v) is 21.6. The molecule has 0 aliphatic rings. The summed E-state index contributed by atoms with van der Waals surface area (Å²) in [4.78, 5) is 38.2. The molecule has 0 N–H and O–H groups in total. The Balaban J connectivity index is 4.21. The van der Waals surface area contributed by atoms with Gasteiger partial charge in [0.15, 0.2) is 6.10 Å². The van der Waals surface area contributed by atoms with E-state index in [0.29, 0.717) is 19.3 Å². The second-order valence-electron chi connectivity index (χ2n) is 21.6. The highest BCUT2D eigenvalue weighted by atomic mass is 16.6. The highest BCUT2D eigenvalue weighted by Gasteiger charge is 2.19. The van der Waals surface area contributed by atoms with Crippen LogP contribution >= 0.6 is 0 Å². The number of allylic oxidation sites excluding steroid dienone is 14. The van der Waals surface area contributed by atoms with Crippen LogP contribution in [-0.4, -0.2) is 37.2 Å². The molecule has 6 heteroatoms. The van der Waals surface area contributed by atoms with E-state index in [4.69, 9.17) is 14.2 Å². The summed E-state index contributed by atoms with van der Waals surface area (Å²) in [7, 11) is 0. The molecule has 1 unspecified atom stereocenters. The van der Waals surface area contributed by atoms with E-state index in [1.54, 1.807) is 0 Å². The minimum Gasteiger partial charge on any atom is -0.462 e. The Morgan fingerprint density at radius 1 is 0.276 bits per heavy atom. The van der Waals surface area contributed by atoms with Crippen molar-refractivity contribution < 1.29 is 28.6 Å². The third-order valence-corrected chi connectivity index (χ3v) is 14.1. The molecule has 0 aliphatic carbocycles. The molecule has 0 aromatic carbocycles. The zero-order chi connectivity index (χ0) is 55.0. The summed E-state index contributed by atoms with van der Waals surface area (Å²) in [6.07, 6.45) is 84.7. The van der Waals surface area contributed by atoms with E-state index in [-0.39, 0.29) is 31.1 Å². The van der Waals surface area contributed by atoms with Crippen LogP contribution in [0.5, 0.6) is 0 Å². The molecule has 0 amide bonds. The largest absolute Gasteiger partial charge is 0.462 e. The van der Waals surface area contributed by atoms with E-state index in [9.17, 15) is 14.4 Å². The van der Waals surface area contributed by atoms with Crippen molar-refractivity contribution in [2.45, 2.75) is 329 Å². The molecule has 0 rings (SSSR count). The molecule has 0 aromatic rings. The van der Waals surface area contributed by atoms with E-state index in [1.807, 2.05) is 0 Å². The average molecular weight is 1060 g/mol. The third kappa shape index (κ3) is 61.4. The molecule has 0 aromatic heterocycles. The first-order valence-electron chi connectivity index (χ1n) is 32.6. The number of hydrogen-bond donors (Lipinski definition) is 0. The molecular weight excluding hydrogens is 937 g/mol. The summed E-state index contributed by atoms with van der Waals surface area (Å²) < 4.78 is 16.9. The monoisotopic (exact) mass is 1060 g/mol. The first kappa shape index (κ1) is 72.6. The Hall–Kier alpha value is -3.41. The van der Waals surface area contributed by atoms with E-state index in [0.717, 1.165) is 103 Å². The molecule has 0 radical (unpaired) electrons. The van der Waals surface area contributed by atoms with Gasteiger partial charge in [-0.3, -0.25) is 14.4 Å². The van der Waals surface area contributed by atoms with E-state index >= 15 is 0 Å². The minimum absolute atomic E-state index is 0.0868. The molecule has 0 heterocycles. The number of esters is 3. The molecule has 0 spiro atoms. The summed E-state index contributed by atoms with van der Waals surface area (Å²) in [5.41, 5.74) is 0. The highest BCUT2D eigenvalue weighted by molar-refractivity contribution is 5.71. The first-order chi connectivity index (χ1) is 37.5. The second kappa shape index (κ2) is 64.1. The molecular formula is C70H122O6. The lowest BCUT2D eigenvalue weighted by atomic mass is 10.0. The maximum atomic E-state index is 12.9. The predicted molar refractivity (Wildman–Crippen MR) is 330 cm³/mol. The Bertz CT molecular complexity index is 1450. The van der Waals surface area contributed by atoms with E-state index < -0.39 is 6.10 Å². The van der Waals surface area contributed by atoms with Crippen LogP contribution in [0, 0.1) is 0 Å². The molecule has 438 valence electrons. The maximum absolute atomic E-state index is 12.9. The topological polar surface area (TPSA) is 78.9 Å². The Morgan fingerprint density at radius 3 is 0.816 bits per heavy atom. The van der Waals surface area contributed by atoms with Gasteiger partial charge >= 0.3 is 17.9 Å². The fourth-order valence-corrected chi connectivity index (χ4v) is 9.27. The number of ether oxygens (including phenoxy) is 3. The molecule has 1 atom stereocenters. The number of hydrogen-bond acceptors (Lipinski definition) is 6. The van der Waals surface area contributed by atoms with Crippen LogP contribution in [0.3, 0.4) is 0 Å². The van der Waals surface area contributed by atoms with E-state index in [2.05, 4.69) is 106 Å². The summed E-state index contributed by atoms with van der Waals surface area (Å²) in [5.74, 6) is -0.908. The van der Waals surface area contributed by atoms with Gasteiger partial charge in [-0.05, 0) is 96.3 Å². The van der Waals surface area contributed by atoms with Crippen LogP contribution in [0.2, 0.25) is 0 Å². The van der Waals surface area contributed by atoms with Gasteiger partial charge in [0.1, 0.15) is 13.2 Å². The van der Waals surface area contributed by atoms with Crippen molar-refractivity contribution in [2.24, 2.45) is 0 Å². The Labute approximate surface area is 471 Å². The van der Waals surface area contributed by atoms with Crippen molar-refractivity contribution in [3.8, 4) is 0 Å². The third-order valence-electron chi connectivity index (χ3n) is 14.1. The van der Waals surface area contributed by atoms with Crippen molar-refractivity contribution in [3.05, 3.63) is 85.1 Å². The van der Waals surface area contributed by atoms with Crippen LogP contribution in [0.1, 0.15) is 323 Å². The van der Waals surface area contributed by atoms with Gasteiger partial charge in [-0.25, -0.2) is 0 Å². The van der Waals surface area contributed by atoms with Gasteiger partial charge in [0.2, 0.25) is 0 Å². The molecule has 0 bridgehead atoms. The van der Waals surface area contributed by atoms with Crippen LogP contribution in [-0.2, 0) is 28.6 Å².